The monoisotopic (exact) mass is 513 g/mol. The number of rotatable bonds is 14. The second kappa shape index (κ2) is 14.1. The molecule has 6 nitrogen and oxygen atoms in total. The molecule has 0 amide bonds. The summed E-state index contributed by atoms with van der Waals surface area (Å²) in [5.74, 6) is 2.71. The van der Waals surface area contributed by atoms with Crippen molar-refractivity contribution in [2.45, 2.75) is 25.7 Å². The van der Waals surface area contributed by atoms with Crippen molar-refractivity contribution in [2.75, 3.05) is 27.3 Å². The fourth-order valence-electron chi connectivity index (χ4n) is 4.10. The van der Waals surface area contributed by atoms with E-state index in [1.165, 1.54) is 0 Å². The Hall–Kier alpha value is -4.00. The van der Waals surface area contributed by atoms with E-state index >= 15 is 0 Å². The van der Waals surface area contributed by atoms with Crippen molar-refractivity contribution in [3.05, 3.63) is 119 Å². The maximum Gasteiger partial charge on any atom is 0.160 e. The maximum atomic E-state index is 11.0. The summed E-state index contributed by atoms with van der Waals surface area (Å²) in [6.45, 7) is 1.94. The normalized spacial score (nSPS) is 11.6. The molecule has 0 heterocycles. The van der Waals surface area contributed by atoms with E-state index in [0.717, 1.165) is 23.1 Å². The summed E-state index contributed by atoms with van der Waals surface area (Å²) in [5, 5.41) is 14.4. The Bertz CT molecular complexity index is 1260. The van der Waals surface area contributed by atoms with E-state index in [2.05, 4.69) is 5.32 Å². The molecule has 4 aromatic rings. The van der Waals surface area contributed by atoms with Crippen LogP contribution in [0.3, 0.4) is 0 Å². The van der Waals surface area contributed by atoms with Gasteiger partial charge < -0.3 is 29.4 Å². The van der Waals surface area contributed by atoms with Gasteiger partial charge in [0, 0.05) is 18.2 Å². The number of hydrogen-bond acceptors (Lipinski definition) is 6. The van der Waals surface area contributed by atoms with Crippen LogP contribution >= 0.6 is 0 Å². The van der Waals surface area contributed by atoms with Gasteiger partial charge in [0.25, 0.3) is 0 Å². The zero-order valence-electron chi connectivity index (χ0n) is 21.9. The van der Waals surface area contributed by atoms with Crippen LogP contribution in [0, 0.1) is 0 Å². The number of aliphatic hydroxyl groups excluding tert-OH is 1. The third-order valence-corrected chi connectivity index (χ3v) is 6.21. The SMILES string of the molecule is COc1ccc(CCNCC(O)c2ccc(OCc3ccccc3)cc2OCc2ccccc2)cc1OC. The van der Waals surface area contributed by atoms with Gasteiger partial charge in [-0.05, 0) is 53.9 Å². The third kappa shape index (κ3) is 7.75. The van der Waals surface area contributed by atoms with Gasteiger partial charge in [-0.15, -0.1) is 0 Å². The highest BCUT2D eigenvalue weighted by Crippen LogP contribution is 2.31. The number of methoxy groups -OCH3 is 2. The lowest BCUT2D eigenvalue weighted by Crippen LogP contribution is -2.24. The van der Waals surface area contributed by atoms with Crippen molar-refractivity contribution < 1.29 is 24.1 Å². The molecule has 0 aromatic heterocycles. The van der Waals surface area contributed by atoms with Crippen LogP contribution in [0.2, 0.25) is 0 Å². The zero-order valence-corrected chi connectivity index (χ0v) is 21.9. The van der Waals surface area contributed by atoms with Crippen molar-refractivity contribution >= 4 is 0 Å². The molecule has 2 N–H and O–H groups in total. The van der Waals surface area contributed by atoms with Gasteiger partial charge in [0.15, 0.2) is 11.5 Å². The summed E-state index contributed by atoms with van der Waals surface area (Å²) in [7, 11) is 3.26. The largest absolute Gasteiger partial charge is 0.493 e. The molecule has 4 aromatic carbocycles. The molecule has 0 aliphatic carbocycles. The predicted octanol–water partition coefficient (Wildman–Crippen LogP) is 5.73. The summed E-state index contributed by atoms with van der Waals surface area (Å²) >= 11 is 0. The number of nitrogens with one attached hydrogen (secondary N) is 1. The first kappa shape index (κ1) is 27.0. The van der Waals surface area contributed by atoms with Crippen molar-refractivity contribution in [1.29, 1.82) is 0 Å². The summed E-state index contributed by atoms with van der Waals surface area (Å²) in [4.78, 5) is 0. The van der Waals surface area contributed by atoms with E-state index in [4.69, 9.17) is 18.9 Å². The molecule has 198 valence electrons. The van der Waals surface area contributed by atoms with E-state index in [1.807, 2.05) is 97.1 Å². The van der Waals surface area contributed by atoms with Gasteiger partial charge in [-0.1, -0.05) is 66.7 Å². The van der Waals surface area contributed by atoms with Gasteiger partial charge >= 0.3 is 0 Å². The smallest absolute Gasteiger partial charge is 0.160 e. The predicted molar refractivity (Wildman–Crippen MR) is 149 cm³/mol. The number of ether oxygens (including phenoxy) is 4. The van der Waals surface area contributed by atoms with Crippen LogP contribution in [-0.2, 0) is 19.6 Å². The van der Waals surface area contributed by atoms with Crippen molar-refractivity contribution in [1.82, 2.24) is 5.32 Å². The van der Waals surface area contributed by atoms with Gasteiger partial charge in [0.1, 0.15) is 24.7 Å². The van der Waals surface area contributed by atoms with Gasteiger partial charge in [0.05, 0.1) is 20.3 Å². The molecule has 0 fully saturated rings. The molecule has 38 heavy (non-hydrogen) atoms. The van der Waals surface area contributed by atoms with E-state index in [0.29, 0.717) is 54.9 Å². The molecule has 0 saturated heterocycles. The summed E-state index contributed by atoms with van der Waals surface area (Å²) < 4.78 is 22.9. The first-order chi connectivity index (χ1) is 18.7. The number of aliphatic hydroxyl groups is 1. The third-order valence-electron chi connectivity index (χ3n) is 6.21. The van der Waals surface area contributed by atoms with E-state index in [-0.39, 0.29) is 0 Å². The van der Waals surface area contributed by atoms with Crippen molar-refractivity contribution in [3.8, 4) is 23.0 Å². The molecule has 0 aliphatic heterocycles. The standard InChI is InChI=1S/C32H35NO5/c1-35-30-16-13-24(19-32(30)36-2)17-18-33-21-29(34)28-15-14-27(37-22-25-9-5-3-6-10-25)20-31(28)38-23-26-11-7-4-8-12-26/h3-16,19-20,29,33-34H,17-18,21-23H2,1-2H3. The summed E-state index contributed by atoms with van der Waals surface area (Å²) in [5.41, 5.74) is 3.97. The fraction of sp³-hybridized carbons (Fsp3) is 0.250. The van der Waals surface area contributed by atoms with Crippen LogP contribution in [0.15, 0.2) is 97.1 Å². The molecule has 0 aliphatic rings. The van der Waals surface area contributed by atoms with E-state index < -0.39 is 6.10 Å². The average molecular weight is 514 g/mol. The van der Waals surface area contributed by atoms with E-state index in [9.17, 15) is 5.11 Å². The van der Waals surface area contributed by atoms with Crippen LogP contribution in [0.1, 0.15) is 28.4 Å². The van der Waals surface area contributed by atoms with Gasteiger partial charge in [-0.3, -0.25) is 0 Å². The lowest BCUT2D eigenvalue weighted by Gasteiger charge is -2.18. The first-order valence-electron chi connectivity index (χ1n) is 12.7. The minimum absolute atomic E-state index is 0.388. The Morgan fingerprint density at radius 1 is 0.658 bits per heavy atom. The van der Waals surface area contributed by atoms with Crippen LogP contribution in [0.4, 0.5) is 0 Å². The average Bonchev–Trinajstić information content (AvgIpc) is 2.98. The molecule has 0 radical (unpaired) electrons. The molecule has 6 heteroatoms. The highest BCUT2D eigenvalue weighted by molar-refractivity contribution is 5.43. The Morgan fingerprint density at radius 2 is 1.32 bits per heavy atom. The molecule has 1 unspecified atom stereocenters. The van der Waals surface area contributed by atoms with Crippen molar-refractivity contribution in [2.24, 2.45) is 0 Å². The summed E-state index contributed by atoms with van der Waals surface area (Å²) in [6, 6.07) is 31.5. The highest BCUT2D eigenvalue weighted by atomic mass is 16.5. The lowest BCUT2D eigenvalue weighted by atomic mass is 10.1. The van der Waals surface area contributed by atoms with Crippen LogP contribution in [-0.4, -0.2) is 32.4 Å². The zero-order chi connectivity index (χ0) is 26.6. The molecule has 4 rings (SSSR count). The molecule has 0 saturated carbocycles. The fourth-order valence-corrected chi connectivity index (χ4v) is 4.10. The Balaban J connectivity index is 1.38. The molecular weight excluding hydrogens is 478 g/mol. The molecule has 1 atom stereocenters. The second-order valence-corrected chi connectivity index (χ2v) is 8.91. The molecular formula is C32H35NO5. The van der Waals surface area contributed by atoms with Crippen LogP contribution in [0.25, 0.3) is 0 Å². The van der Waals surface area contributed by atoms with Crippen LogP contribution in [0.5, 0.6) is 23.0 Å². The Morgan fingerprint density at radius 3 is 1.97 bits per heavy atom. The first-order valence-corrected chi connectivity index (χ1v) is 12.7. The van der Waals surface area contributed by atoms with E-state index in [1.54, 1.807) is 14.2 Å². The Labute approximate surface area is 224 Å². The maximum absolute atomic E-state index is 11.0. The minimum atomic E-state index is -0.741. The summed E-state index contributed by atoms with van der Waals surface area (Å²) in [6.07, 6.45) is 0.0471. The lowest BCUT2D eigenvalue weighted by molar-refractivity contribution is 0.167. The van der Waals surface area contributed by atoms with Crippen LogP contribution < -0.4 is 24.3 Å². The minimum Gasteiger partial charge on any atom is -0.493 e. The Kier molecular flexibility index (Phi) is 10.0. The molecule has 0 spiro atoms. The topological polar surface area (TPSA) is 69.2 Å². The van der Waals surface area contributed by atoms with Gasteiger partial charge in [-0.25, -0.2) is 0 Å². The second-order valence-electron chi connectivity index (χ2n) is 8.91. The quantitative estimate of drug-likeness (QED) is 0.210. The van der Waals surface area contributed by atoms with Gasteiger partial charge in [0.2, 0.25) is 0 Å². The van der Waals surface area contributed by atoms with Gasteiger partial charge in [-0.2, -0.15) is 0 Å². The highest BCUT2D eigenvalue weighted by Gasteiger charge is 2.15. The number of hydrogen-bond donors (Lipinski definition) is 2. The van der Waals surface area contributed by atoms with Crippen molar-refractivity contribution in [3.63, 3.8) is 0 Å². The number of benzene rings is 4. The molecule has 0 bridgehead atoms.